The van der Waals surface area contributed by atoms with E-state index in [4.69, 9.17) is 0 Å². The summed E-state index contributed by atoms with van der Waals surface area (Å²) in [6.45, 7) is 2.16. The van der Waals surface area contributed by atoms with Crippen molar-refractivity contribution in [2.75, 3.05) is 11.6 Å². The van der Waals surface area contributed by atoms with Crippen molar-refractivity contribution in [2.45, 2.75) is 28.4 Å². The maximum absolute atomic E-state index is 14.5. The summed E-state index contributed by atoms with van der Waals surface area (Å²) in [5.74, 6) is -2.23. The molecule has 3 rings (SSSR count). The summed E-state index contributed by atoms with van der Waals surface area (Å²) in [7, 11) is -8.33. The average Bonchev–Trinajstić information content (AvgIpc) is 3.15. The van der Waals surface area contributed by atoms with Crippen LogP contribution in [0.4, 0.5) is 10.3 Å². The lowest BCUT2D eigenvalue weighted by Gasteiger charge is -2.23. The molecule has 3 N–H and O–H groups in total. The van der Waals surface area contributed by atoms with E-state index in [9.17, 15) is 31.1 Å². The Hall–Kier alpha value is -3.32. The number of amides is 1. The molecule has 170 valence electrons. The Kier molecular flexibility index (Phi) is 5.82. The first-order valence-electron chi connectivity index (χ1n) is 9.01. The molecule has 0 bridgehead atoms. The lowest BCUT2D eigenvalue weighted by atomic mass is 10.2. The van der Waals surface area contributed by atoms with Gasteiger partial charge >= 0.3 is 0 Å². The van der Waals surface area contributed by atoms with Crippen molar-refractivity contribution in [1.82, 2.24) is 15.2 Å². The first kappa shape index (κ1) is 23.3. The lowest BCUT2D eigenvalue weighted by molar-refractivity contribution is -0.117. The molecule has 0 saturated carbocycles. The second kappa shape index (κ2) is 7.98. The first-order valence-corrected chi connectivity index (χ1v) is 12.4. The Labute approximate surface area is 183 Å². The number of rotatable bonds is 6. The zero-order chi connectivity index (χ0) is 23.9. The summed E-state index contributed by atoms with van der Waals surface area (Å²) in [4.78, 5) is 15.6. The van der Waals surface area contributed by atoms with Gasteiger partial charge in [0.25, 0.3) is 0 Å². The van der Waals surface area contributed by atoms with Crippen LogP contribution in [-0.2, 0) is 24.5 Å². The molecular weight excluding hydrogens is 463 g/mol. The first-order chi connectivity index (χ1) is 14.7. The van der Waals surface area contributed by atoms with Gasteiger partial charge in [-0.25, -0.2) is 21.2 Å². The molecule has 13 heteroatoms. The number of nitrogens with one attached hydrogen (secondary N) is 2. The molecule has 0 fully saturated rings. The van der Waals surface area contributed by atoms with E-state index >= 15 is 0 Å². The van der Waals surface area contributed by atoms with Gasteiger partial charge < -0.3 is 5.11 Å². The van der Waals surface area contributed by atoms with Crippen molar-refractivity contribution in [3.63, 3.8) is 0 Å². The highest BCUT2D eigenvalue weighted by Crippen LogP contribution is 2.30. The molecule has 10 nitrogen and oxygen atoms in total. The van der Waals surface area contributed by atoms with Crippen LogP contribution in [0, 0.1) is 5.82 Å². The highest BCUT2D eigenvalue weighted by molar-refractivity contribution is 7.93. The van der Waals surface area contributed by atoms with Crippen LogP contribution < -0.4 is 5.32 Å². The van der Waals surface area contributed by atoms with Crippen molar-refractivity contribution in [1.29, 1.82) is 0 Å². The number of phenolic OH excluding ortho intramolecular Hbond substituents is 1. The molecule has 0 spiro atoms. The van der Waals surface area contributed by atoms with E-state index in [1.165, 1.54) is 12.1 Å². The normalized spacial score (nSPS) is 12.5. The number of aromatic nitrogens is 3. The summed E-state index contributed by atoms with van der Waals surface area (Å²) in [5, 5.41) is 18.0. The smallest absolute Gasteiger partial charge is 0.249 e. The van der Waals surface area contributed by atoms with Gasteiger partial charge in [0.1, 0.15) is 21.2 Å². The predicted octanol–water partition coefficient (Wildman–Crippen LogP) is 1.91. The maximum Gasteiger partial charge on any atom is 0.249 e. The molecular formula is C19H19FN4O6S2. The summed E-state index contributed by atoms with van der Waals surface area (Å²) in [5.41, 5.74) is 0.552. The Morgan fingerprint density at radius 1 is 1.09 bits per heavy atom. The van der Waals surface area contributed by atoms with E-state index in [1.807, 2.05) is 0 Å². The summed E-state index contributed by atoms with van der Waals surface area (Å²) in [6, 6.07) is 8.32. The molecule has 32 heavy (non-hydrogen) atoms. The molecule has 0 aliphatic heterocycles. The lowest BCUT2D eigenvalue weighted by Crippen LogP contribution is -2.45. The number of aromatic amines is 1. The average molecular weight is 483 g/mol. The molecule has 0 saturated heterocycles. The van der Waals surface area contributed by atoms with Crippen molar-refractivity contribution in [3.8, 4) is 17.1 Å². The molecule has 2 aromatic carbocycles. The van der Waals surface area contributed by atoms with Crippen LogP contribution in [-0.4, -0.2) is 54.0 Å². The van der Waals surface area contributed by atoms with Crippen molar-refractivity contribution >= 4 is 31.5 Å². The van der Waals surface area contributed by atoms with Gasteiger partial charge in [-0.15, -0.1) is 5.10 Å². The minimum Gasteiger partial charge on any atom is -0.508 e. The van der Waals surface area contributed by atoms with Gasteiger partial charge in [-0.3, -0.25) is 15.2 Å². The van der Waals surface area contributed by atoms with Gasteiger partial charge in [-0.1, -0.05) is 0 Å². The minimum atomic E-state index is -4.58. The van der Waals surface area contributed by atoms with Gasteiger partial charge in [0.05, 0.1) is 4.90 Å². The fourth-order valence-corrected chi connectivity index (χ4v) is 4.69. The fourth-order valence-electron chi connectivity index (χ4n) is 2.65. The summed E-state index contributed by atoms with van der Waals surface area (Å²) >= 11 is 0. The number of benzene rings is 2. The highest BCUT2D eigenvalue weighted by atomic mass is 32.2. The zero-order valence-corrected chi connectivity index (χ0v) is 18.8. The number of phenols is 1. The number of sulfone groups is 2. The number of nitrogens with zero attached hydrogens (tertiary/aromatic N) is 2. The maximum atomic E-state index is 14.5. The van der Waals surface area contributed by atoms with Crippen LogP contribution in [0.25, 0.3) is 11.4 Å². The van der Waals surface area contributed by atoms with Crippen molar-refractivity contribution in [2.24, 2.45) is 0 Å². The van der Waals surface area contributed by atoms with Gasteiger partial charge in [0.15, 0.2) is 25.5 Å². The van der Waals surface area contributed by atoms with E-state index in [-0.39, 0.29) is 17.5 Å². The molecule has 0 unspecified atom stereocenters. The van der Waals surface area contributed by atoms with Gasteiger partial charge in [-0.2, -0.15) is 4.98 Å². The number of halogens is 1. The topological polar surface area (TPSA) is 159 Å². The van der Waals surface area contributed by atoms with E-state index in [0.717, 1.165) is 32.2 Å². The van der Waals surface area contributed by atoms with Crippen LogP contribution in [0.3, 0.4) is 0 Å². The van der Waals surface area contributed by atoms with Crippen molar-refractivity contribution in [3.05, 3.63) is 48.3 Å². The van der Waals surface area contributed by atoms with E-state index in [2.05, 4.69) is 20.5 Å². The molecule has 0 atom stereocenters. The molecule has 1 heterocycles. The second-order valence-electron chi connectivity index (χ2n) is 7.39. The number of carbonyl (C=O) groups is 1. The third kappa shape index (κ3) is 4.34. The number of hydrogen-bond donors (Lipinski definition) is 3. The predicted molar refractivity (Wildman–Crippen MR) is 113 cm³/mol. The van der Waals surface area contributed by atoms with Crippen LogP contribution in [0.1, 0.15) is 13.8 Å². The number of aromatic hydroxyl groups is 1. The van der Waals surface area contributed by atoms with Gasteiger partial charge in [0.2, 0.25) is 11.9 Å². The Balaban J connectivity index is 1.87. The van der Waals surface area contributed by atoms with Crippen LogP contribution in [0.2, 0.25) is 0 Å². The quantitative estimate of drug-likeness (QED) is 0.480. The molecule has 0 aliphatic rings. The number of H-pyrrole nitrogens is 1. The number of anilines is 1. The van der Waals surface area contributed by atoms with Crippen LogP contribution in [0.15, 0.2) is 52.3 Å². The van der Waals surface area contributed by atoms with Gasteiger partial charge in [0, 0.05) is 11.8 Å². The SMILES string of the molecule is CC(C)(C(=O)Nc1n[nH]c(-c2ccc(O)cc2)n1)S(=O)(=O)c1ccc(S(C)(=O)=O)cc1F. The third-order valence-corrected chi connectivity index (χ3v) is 8.24. The monoisotopic (exact) mass is 482 g/mol. The number of carbonyl (C=O) groups excluding carboxylic acids is 1. The Morgan fingerprint density at radius 2 is 1.72 bits per heavy atom. The molecule has 1 amide bonds. The standard InChI is InChI=1S/C19H19FN4O6S2/c1-19(2,32(29,30)15-9-8-13(10-14(15)20)31(3,27)28)17(26)22-18-21-16(23-24-18)11-4-6-12(25)7-5-11/h4-10,25H,1-3H3,(H2,21,22,23,24,26). The van der Waals surface area contributed by atoms with Crippen LogP contribution >= 0.6 is 0 Å². The molecule has 3 aromatic rings. The minimum absolute atomic E-state index is 0.0468. The second-order valence-corrected chi connectivity index (χ2v) is 11.9. The van der Waals surface area contributed by atoms with Crippen molar-refractivity contribution < 1.29 is 31.1 Å². The summed E-state index contributed by atoms with van der Waals surface area (Å²) < 4.78 is 61.5. The third-order valence-electron chi connectivity index (χ3n) is 4.69. The Morgan fingerprint density at radius 3 is 2.28 bits per heavy atom. The zero-order valence-electron chi connectivity index (χ0n) is 17.1. The fraction of sp³-hybridized carbons (Fsp3) is 0.211. The molecule has 0 aliphatic carbocycles. The highest BCUT2D eigenvalue weighted by Gasteiger charge is 2.44. The number of hydrogen-bond acceptors (Lipinski definition) is 8. The Bertz CT molecular complexity index is 1400. The van der Waals surface area contributed by atoms with E-state index in [0.29, 0.717) is 11.6 Å². The largest absolute Gasteiger partial charge is 0.508 e. The summed E-state index contributed by atoms with van der Waals surface area (Å²) in [6.07, 6.45) is 0.858. The molecule has 1 aromatic heterocycles. The van der Waals surface area contributed by atoms with E-state index < -0.39 is 45.9 Å². The molecule has 0 radical (unpaired) electrons. The van der Waals surface area contributed by atoms with Gasteiger partial charge in [-0.05, 0) is 56.3 Å². The van der Waals surface area contributed by atoms with E-state index in [1.54, 1.807) is 12.1 Å². The van der Waals surface area contributed by atoms with Crippen LogP contribution in [0.5, 0.6) is 5.75 Å².